The van der Waals surface area contributed by atoms with Crippen LogP contribution < -0.4 is 5.73 Å². The van der Waals surface area contributed by atoms with Gasteiger partial charge in [0.25, 0.3) is 0 Å². The minimum Gasteiger partial charge on any atom is -0.369 e. The van der Waals surface area contributed by atoms with Crippen molar-refractivity contribution in [2.45, 2.75) is 0 Å². The highest BCUT2D eigenvalue weighted by Crippen LogP contribution is 2.30. The number of nitrogens with two attached hydrogens (primary N) is 1. The van der Waals surface area contributed by atoms with Gasteiger partial charge in [0.2, 0.25) is 5.95 Å². The van der Waals surface area contributed by atoms with Crippen LogP contribution in [-0.4, -0.2) is 9.55 Å². The van der Waals surface area contributed by atoms with Crippen LogP contribution in [0.25, 0.3) is 16.7 Å². The number of anilines is 1. The van der Waals surface area contributed by atoms with Gasteiger partial charge in [-0.1, -0.05) is 15.9 Å². The zero-order valence-corrected chi connectivity index (χ0v) is 13.9. The monoisotopic (exact) mass is 467 g/mol. The minimum atomic E-state index is -0.827. The van der Waals surface area contributed by atoms with Gasteiger partial charge in [0, 0.05) is 10.5 Å². The number of halogens is 5. The predicted octanol–water partition coefficient (Wildman–Crippen LogP) is 4.39. The summed E-state index contributed by atoms with van der Waals surface area (Å²) in [6.45, 7) is 0. The molecule has 0 aliphatic carbocycles. The summed E-state index contributed by atoms with van der Waals surface area (Å²) in [6.07, 6.45) is 0. The fourth-order valence-corrected chi connectivity index (χ4v) is 2.93. The lowest BCUT2D eigenvalue weighted by Crippen LogP contribution is -2.06. The Morgan fingerprint density at radius 3 is 2.29 bits per heavy atom. The molecule has 0 atom stereocenters. The number of rotatable bonds is 1. The van der Waals surface area contributed by atoms with Gasteiger partial charge in [-0.25, -0.2) is 18.2 Å². The zero-order chi connectivity index (χ0) is 15.3. The Morgan fingerprint density at radius 2 is 1.67 bits per heavy atom. The summed E-state index contributed by atoms with van der Waals surface area (Å²) in [5.41, 5.74) is 5.91. The first-order valence-corrected chi connectivity index (χ1v) is 7.53. The molecule has 0 fully saturated rings. The molecule has 2 N–H and O–H groups in total. The Bertz CT molecular complexity index is 856. The first-order chi connectivity index (χ1) is 9.88. The van der Waals surface area contributed by atoms with Crippen molar-refractivity contribution in [1.29, 1.82) is 0 Å². The molecule has 0 aliphatic heterocycles. The number of hydrogen-bond donors (Lipinski definition) is 1. The highest BCUT2D eigenvalue weighted by atomic mass is 127. The number of benzene rings is 2. The summed E-state index contributed by atoms with van der Waals surface area (Å²) >= 11 is 4.81. The molecule has 2 aromatic carbocycles. The van der Waals surface area contributed by atoms with E-state index in [1.807, 2.05) is 0 Å². The van der Waals surface area contributed by atoms with Crippen molar-refractivity contribution in [1.82, 2.24) is 9.55 Å². The lowest BCUT2D eigenvalue weighted by molar-refractivity contribution is 0.570. The third-order valence-corrected chi connectivity index (χ3v) is 4.21. The van der Waals surface area contributed by atoms with Crippen LogP contribution in [0.2, 0.25) is 0 Å². The number of aromatic nitrogens is 2. The van der Waals surface area contributed by atoms with Gasteiger partial charge in [-0.2, -0.15) is 0 Å². The van der Waals surface area contributed by atoms with E-state index >= 15 is 0 Å². The van der Waals surface area contributed by atoms with Crippen LogP contribution in [-0.2, 0) is 0 Å². The van der Waals surface area contributed by atoms with Crippen LogP contribution in [0.5, 0.6) is 0 Å². The summed E-state index contributed by atoms with van der Waals surface area (Å²) in [7, 11) is 0. The number of hydrogen-bond acceptors (Lipinski definition) is 2. The lowest BCUT2D eigenvalue weighted by Gasteiger charge is -2.10. The third-order valence-electron chi connectivity index (χ3n) is 2.93. The number of nitrogen functional groups attached to an aromatic ring is 1. The van der Waals surface area contributed by atoms with E-state index < -0.39 is 17.5 Å². The molecule has 1 heterocycles. The van der Waals surface area contributed by atoms with Gasteiger partial charge in [0.15, 0.2) is 11.6 Å². The number of imidazole rings is 1. The predicted molar refractivity (Wildman–Crippen MR) is 85.8 cm³/mol. The molecule has 0 aliphatic rings. The first kappa shape index (κ1) is 14.6. The molecule has 21 heavy (non-hydrogen) atoms. The Morgan fingerprint density at radius 1 is 1.05 bits per heavy atom. The molecule has 0 spiro atoms. The molecule has 108 valence electrons. The van der Waals surface area contributed by atoms with E-state index in [4.69, 9.17) is 5.73 Å². The molecule has 3 aromatic rings. The Kier molecular flexibility index (Phi) is 3.60. The molecule has 0 unspecified atom stereocenters. The van der Waals surface area contributed by atoms with Gasteiger partial charge < -0.3 is 5.73 Å². The SMILES string of the molecule is Nc1nc2cc(I)c(F)cc2n1-c1c(F)cc(Br)cc1F. The normalized spacial score (nSPS) is 11.3. The summed E-state index contributed by atoms with van der Waals surface area (Å²) in [6, 6.07) is 4.83. The van der Waals surface area contributed by atoms with Crippen molar-refractivity contribution in [2.24, 2.45) is 0 Å². The Labute approximate surface area is 139 Å². The lowest BCUT2D eigenvalue weighted by atomic mass is 10.2. The van der Waals surface area contributed by atoms with Crippen molar-refractivity contribution in [3.8, 4) is 5.69 Å². The van der Waals surface area contributed by atoms with Crippen molar-refractivity contribution >= 4 is 55.5 Å². The molecule has 0 saturated heterocycles. The molecule has 1 aromatic heterocycles. The Hall–Kier alpha value is -1.29. The van der Waals surface area contributed by atoms with E-state index in [-0.39, 0.29) is 21.6 Å². The fourth-order valence-electron chi connectivity index (χ4n) is 2.07. The molecule has 3 nitrogen and oxygen atoms in total. The molecule has 8 heteroatoms. The van der Waals surface area contributed by atoms with E-state index in [2.05, 4.69) is 20.9 Å². The minimum absolute atomic E-state index is 0.119. The standard InChI is InChI=1S/C13H6BrF3IN3/c14-5-1-7(16)12(8(17)2-5)21-11-3-6(15)9(18)4-10(11)20-13(21)19/h1-4H,(H2,19,20). The summed E-state index contributed by atoms with van der Waals surface area (Å²) in [5, 5.41) is 0. The molecule has 0 bridgehead atoms. The fraction of sp³-hybridized carbons (Fsp3) is 0. The molecule has 0 radical (unpaired) electrons. The van der Waals surface area contributed by atoms with Crippen molar-refractivity contribution in [3.05, 3.63) is 49.8 Å². The van der Waals surface area contributed by atoms with E-state index in [1.165, 1.54) is 6.07 Å². The highest BCUT2D eigenvalue weighted by molar-refractivity contribution is 14.1. The quantitative estimate of drug-likeness (QED) is 0.539. The summed E-state index contributed by atoms with van der Waals surface area (Å²) < 4.78 is 43.6. The first-order valence-electron chi connectivity index (χ1n) is 5.66. The highest BCUT2D eigenvalue weighted by Gasteiger charge is 2.19. The second-order valence-corrected chi connectivity index (χ2v) is 6.36. The van der Waals surface area contributed by atoms with Crippen molar-refractivity contribution in [2.75, 3.05) is 5.73 Å². The maximum absolute atomic E-state index is 14.1. The van der Waals surface area contributed by atoms with Crippen LogP contribution >= 0.6 is 38.5 Å². The molecule has 0 saturated carbocycles. The van der Waals surface area contributed by atoms with Crippen LogP contribution in [0.4, 0.5) is 19.1 Å². The van der Waals surface area contributed by atoms with Crippen LogP contribution in [0.3, 0.4) is 0 Å². The van der Waals surface area contributed by atoms with Gasteiger partial charge in [-0.05, 0) is 40.8 Å². The molecular weight excluding hydrogens is 462 g/mol. The smallest absolute Gasteiger partial charge is 0.206 e. The molecular formula is C13H6BrF3IN3. The van der Waals surface area contributed by atoms with Crippen LogP contribution in [0.15, 0.2) is 28.7 Å². The maximum atomic E-state index is 14.1. The third kappa shape index (κ3) is 2.39. The molecule has 0 amide bonds. The van der Waals surface area contributed by atoms with E-state index in [0.29, 0.717) is 9.09 Å². The van der Waals surface area contributed by atoms with Crippen molar-refractivity contribution < 1.29 is 13.2 Å². The van der Waals surface area contributed by atoms with Gasteiger partial charge >= 0.3 is 0 Å². The van der Waals surface area contributed by atoms with Gasteiger partial charge in [0.05, 0.1) is 14.6 Å². The van der Waals surface area contributed by atoms with Gasteiger partial charge in [-0.15, -0.1) is 0 Å². The largest absolute Gasteiger partial charge is 0.369 e. The van der Waals surface area contributed by atoms with E-state index in [0.717, 1.165) is 22.8 Å². The number of fused-ring (bicyclic) bond motifs is 1. The zero-order valence-electron chi connectivity index (χ0n) is 10.2. The average Bonchev–Trinajstić information content (AvgIpc) is 2.66. The van der Waals surface area contributed by atoms with E-state index in [1.54, 1.807) is 22.6 Å². The Balaban J connectivity index is 2.41. The van der Waals surface area contributed by atoms with Gasteiger partial charge in [0.1, 0.15) is 11.5 Å². The summed E-state index contributed by atoms with van der Waals surface area (Å²) in [4.78, 5) is 4.02. The second-order valence-electron chi connectivity index (χ2n) is 4.28. The summed E-state index contributed by atoms with van der Waals surface area (Å²) in [5.74, 6) is -2.28. The second kappa shape index (κ2) is 5.16. The topological polar surface area (TPSA) is 43.8 Å². The number of nitrogens with zero attached hydrogens (tertiary/aromatic N) is 2. The van der Waals surface area contributed by atoms with Crippen LogP contribution in [0.1, 0.15) is 0 Å². The van der Waals surface area contributed by atoms with E-state index in [9.17, 15) is 13.2 Å². The maximum Gasteiger partial charge on any atom is 0.206 e. The van der Waals surface area contributed by atoms with Crippen LogP contribution in [0, 0.1) is 21.0 Å². The van der Waals surface area contributed by atoms with Gasteiger partial charge in [-0.3, -0.25) is 4.57 Å². The molecule has 3 rings (SSSR count). The average molecular weight is 468 g/mol. The van der Waals surface area contributed by atoms with Crippen molar-refractivity contribution in [3.63, 3.8) is 0 Å².